The average molecular weight is 393 g/mol. The Hall–Kier alpha value is -1.90. The number of fused-ring (bicyclic) bond motifs is 1. The monoisotopic (exact) mass is 392 g/mol. The Bertz CT molecular complexity index is 893. The van der Waals surface area contributed by atoms with Crippen LogP contribution in [-0.2, 0) is 21.2 Å². The largest absolute Gasteiger partial charge is 0.361 e. The fourth-order valence-corrected chi connectivity index (χ4v) is 4.29. The molecule has 0 spiro atoms. The Balaban J connectivity index is 1.43. The summed E-state index contributed by atoms with van der Waals surface area (Å²) in [7, 11) is -1.22. The molecule has 3 N–H and O–H groups in total. The van der Waals surface area contributed by atoms with E-state index in [2.05, 4.69) is 26.0 Å². The summed E-state index contributed by atoms with van der Waals surface area (Å²) in [6.07, 6.45) is 6.20. The van der Waals surface area contributed by atoms with E-state index in [0.717, 1.165) is 24.8 Å². The third-order valence-corrected chi connectivity index (χ3v) is 6.07. The van der Waals surface area contributed by atoms with Crippen molar-refractivity contribution >= 4 is 26.8 Å². The van der Waals surface area contributed by atoms with Gasteiger partial charge in [0.05, 0.1) is 6.26 Å². The molecule has 0 radical (unpaired) electrons. The van der Waals surface area contributed by atoms with E-state index in [1.165, 1.54) is 17.2 Å². The average Bonchev–Trinajstić information content (AvgIpc) is 3.17. The molecule has 0 saturated carbocycles. The first kappa shape index (κ1) is 19.9. The molecule has 1 aromatic heterocycles. The number of sulfonamides is 1. The minimum Gasteiger partial charge on any atom is -0.361 e. The number of likely N-dealkylation sites (N-methyl/N-ethyl adjacent to an activating group) is 1. The lowest BCUT2D eigenvalue weighted by Crippen LogP contribution is -2.42. The Morgan fingerprint density at radius 3 is 2.78 bits per heavy atom. The van der Waals surface area contributed by atoms with Crippen molar-refractivity contribution in [1.29, 1.82) is 0 Å². The second-order valence-corrected chi connectivity index (χ2v) is 9.17. The Morgan fingerprint density at radius 1 is 1.26 bits per heavy atom. The summed E-state index contributed by atoms with van der Waals surface area (Å²) in [4.78, 5) is 17.7. The molecule has 7 nitrogen and oxygen atoms in total. The van der Waals surface area contributed by atoms with Crippen LogP contribution in [0.4, 0.5) is 0 Å². The number of rotatable bonds is 8. The van der Waals surface area contributed by atoms with Crippen molar-refractivity contribution in [3.63, 3.8) is 0 Å². The van der Waals surface area contributed by atoms with Gasteiger partial charge in [0.25, 0.3) is 0 Å². The van der Waals surface area contributed by atoms with Crippen LogP contribution in [0.5, 0.6) is 0 Å². The van der Waals surface area contributed by atoms with Crippen LogP contribution >= 0.6 is 0 Å². The molecule has 1 amide bonds. The van der Waals surface area contributed by atoms with E-state index in [1.807, 2.05) is 31.4 Å². The van der Waals surface area contributed by atoms with Crippen LogP contribution in [0.15, 0.2) is 30.5 Å². The number of aromatic amines is 1. The zero-order valence-corrected chi connectivity index (χ0v) is 16.7. The number of carbonyl (C=O) groups is 1. The molecule has 27 heavy (non-hydrogen) atoms. The zero-order valence-electron chi connectivity index (χ0n) is 15.9. The van der Waals surface area contributed by atoms with Gasteiger partial charge in [-0.15, -0.1) is 0 Å². The normalized spacial score (nSPS) is 21.0. The smallest absolute Gasteiger partial charge is 0.221 e. The number of nitrogens with zero attached hydrogens (tertiary/aromatic N) is 1. The van der Waals surface area contributed by atoms with Crippen LogP contribution in [0.25, 0.3) is 10.9 Å². The number of hydrogen-bond acceptors (Lipinski definition) is 4. The van der Waals surface area contributed by atoms with Crippen LogP contribution in [-0.4, -0.2) is 62.7 Å². The third kappa shape index (κ3) is 5.31. The number of benzene rings is 1. The van der Waals surface area contributed by atoms with Crippen LogP contribution < -0.4 is 10.0 Å². The highest BCUT2D eigenvalue weighted by Crippen LogP contribution is 2.24. The van der Waals surface area contributed by atoms with E-state index >= 15 is 0 Å². The maximum absolute atomic E-state index is 12.3. The Morgan fingerprint density at radius 2 is 2.00 bits per heavy atom. The van der Waals surface area contributed by atoms with Gasteiger partial charge in [0.2, 0.25) is 15.9 Å². The number of hydrogen-bond donors (Lipinski definition) is 3. The summed E-state index contributed by atoms with van der Waals surface area (Å²) in [6.45, 7) is 1.00. The topological polar surface area (TPSA) is 94.3 Å². The van der Waals surface area contributed by atoms with Gasteiger partial charge in [0.15, 0.2) is 0 Å². The van der Waals surface area contributed by atoms with E-state index in [9.17, 15) is 13.2 Å². The number of carbonyl (C=O) groups excluding carboxylic acids is 1. The summed E-state index contributed by atoms with van der Waals surface area (Å²) >= 11 is 0. The predicted molar refractivity (Wildman–Crippen MR) is 107 cm³/mol. The maximum atomic E-state index is 12.3. The summed E-state index contributed by atoms with van der Waals surface area (Å²) in [5.41, 5.74) is 2.32. The van der Waals surface area contributed by atoms with Crippen molar-refractivity contribution in [3.8, 4) is 0 Å². The van der Waals surface area contributed by atoms with Crippen LogP contribution in [0.2, 0.25) is 0 Å². The molecule has 2 aromatic rings. The second kappa shape index (κ2) is 8.41. The van der Waals surface area contributed by atoms with Crippen molar-refractivity contribution < 1.29 is 13.2 Å². The molecule has 3 rings (SSSR count). The number of para-hydroxylation sites is 1. The van der Waals surface area contributed by atoms with E-state index in [-0.39, 0.29) is 18.0 Å². The molecule has 2 atom stereocenters. The second-order valence-electron chi connectivity index (χ2n) is 7.33. The molecule has 1 aliphatic rings. The molecule has 1 aliphatic heterocycles. The lowest BCUT2D eigenvalue weighted by atomic mass is 10.1. The van der Waals surface area contributed by atoms with E-state index in [0.29, 0.717) is 19.5 Å². The van der Waals surface area contributed by atoms with Gasteiger partial charge in [-0.25, -0.2) is 13.1 Å². The molecular formula is C19H28N4O3S. The SMILES string of the molecule is CN1[C@@H](CC(=O)NCCc2c[nH]c3ccccc23)CC[C@H]1CNS(C)(=O)=O. The first-order valence-corrected chi connectivity index (χ1v) is 11.2. The minimum absolute atomic E-state index is 0.0448. The van der Waals surface area contributed by atoms with Crippen LogP contribution in [0, 0.1) is 0 Å². The fraction of sp³-hybridized carbons (Fsp3) is 0.526. The molecule has 0 unspecified atom stereocenters. The lowest BCUT2D eigenvalue weighted by Gasteiger charge is -2.25. The standard InChI is InChI=1S/C19H28N4O3S/c1-23-15(7-8-16(23)13-22-27(2,25)26)11-19(24)20-10-9-14-12-21-18-6-4-3-5-17(14)18/h3-6,12,15-16,21-22H,7-11,13H2,1-2H3,(H,20,24)/t15-,16+/m1/s1. The molecule has 1 aromatic carbocycles. The molecule has 0 aliphatic carbocycles. The molecule has 8 heteroatoms. The van der Waals surface area contributed by atoms with Crippen molar-refractivity contribution in [3.05, 3.63) is 36.0 Å². The van der Waals surface area contributed by atoms with Crippen molar-refractivity contribution in [2.75, 3.05) is 26.4 Å². The summed E-state index contributed by atoms with van der Waals surface area (Å²) in [6, 6.07) is 8.45. The van der Waals surface area contributed by atoms with Gasteiger partial charge in [-0.05, 0) is 37.9 Å². The zero-order chi connectivity index (χ0) is 19.4. The maximum Gasteiger partial charge on any atom is 0.221 e. The van der Waals surface area contributed by atoms with Gasteiger partial charge in [0.1, 0.15) is 0 Å². The number of amides is 1. The van der Waals surface area contributed by atoms with Gasteiger partial charge >= 0.3 is 0 Å². The first-order chi connectivity index (χ1) is 12.8. The number of aromatic nitrogens is 1. The summed E-state index contributed by atoms with van der Waals surface area (Å²) < 4.78 is 25.1. The first-order valence-electron chi connectivity index (χ1n) is 9.32. The Labute approximate surface area is 160 Å². The van der Waals surface area contributed by atoms with Gasteiger partial charge in [-0.1, -0.05) is 18.2 Å². The molecule has 148 valence electrons. The lowest BCUT2D eigenvalue weighted by molar-refractivity contribution is -0.122. The van der Waals surface area contributed by atoms with Gasteiger partial charge in [-0.2, -0.15) is 0 Å². The van der Waals surface area contributed by atoms with E-state index < -0.39 is 10.0 Å². The van der Waals surface area contributed by atoms with Crippen LogP contribution in [0.1, 0.15) is 24.8 Å². The molecule has 1 saturated heterocycles. The molecule has 1 fully saturated rings. The van der Waals surface area contributed by atoms with Gasteiger partial charge in [0, 0.05) is 48.7 Å². The summed E-state index contributed by atoms with van der Waals surface area (Å²) in [5, 5.41) is 4.21. The number of likely N-dealkylation sites (tertiary alicyclic amines) is 1. The minimum atomic E-state index is -3.18. The van der Waals surface area contributed by atoms with Gasteiger partial charge in [-0.3, -0.25) is 9.69 Å². The highest BCUT2D eigenvalue weighted by atomic mass is 32.2. The highest BCUT2D eigenvalue weighted by molar-refractivity contribution is 7.88. The quantitative estimate of drug-likeness (QED) is 0.630. The van der Waals surface area contributed by atoms with Crippen molar-refractivity contribution in [2.24, 2.45) is 0 Å². The summed E-state index contributed by atoms with van der Waals surface area (Å²) in [5.74, 6) is 0.0448. The number of H-pyrrole nitrogens is 1. The number of nitrogens with one attached hydrogen (secondary N) is 3. The van der Waals surface area contributed by atoms with Crippen molar-refractivity contribution in [1.82, 2.24) is 19.9 Å². The Kier molecular flexibility index (Phi) is 6.18. The molecule has 0 bridgehead atoms. The molecular weight excluding hydrogens is 364 g/mol. The molecule has 2 heterocycles. The van der Waals surface area contributed by atoms with Crippen molar-refractivity contribution in [2.45, 2.75) is 37.8 Å². The fourth-order valence-electron chi connectivity index (χ4n) is 3.79. The van der Waals surface area contributed by atoms with E-state index in [4.69, 9.17) is 0 Å². The predicted octanol–water partition coefficient (Wildman–Crippen LogP) is 1.23. The highest BCUT2D eigenvalue weighted by Gasteiger charge is 2.31. The van der Waals surface area contributed by atoms with E-state index in [1.54, 1.807) is 0 Å². The third-order valence-electron chi connectivity index (χ3n) is 5.38. The van der Waals surface area contributed by atoms with Gasteiger partial charge < -0.3 is 10.3 Å². The van der Waals surface area contributed by atoms with Crippen LogP contribution in [0.3, 0.4) is 0 Å².